The molecular weight excluding hydrogens is 192 g/mol. The first-order valence-electron chi connectivity index (χ1n) is 4.88. The number of rotatable bonds is 3. The predicted octanol–water partition coefficient (Wildman–Crippen LogP) is 1.75. The molecule has 78 valence electrons. The normalized spacial score (nSPS) is 14.3. The van der Waals surface area contributed by atoms with Crippen LogP contribution in [-0.2, 0) is 11.3 Å². The highest BCUT2D eigenvalue weighted by molar-refractivity contribution is 5.94. The Morgan fingerprint density at radius 1 is 1.47 bits per heavy atom. The molecule has 3 heteroatoms. The number of benzene rings is 1. The quantitative estimate of drug-likeness (QED) is 0.763. The summed E-state index contributed by atoms with van der Waals surface area (Å²) in [6.45, 7) is 0.526. The van der Waals surface area contributed by atoms with Gasteiger partial charge in [-0.05, 0) is 18.1 Å². The summed E-state index contributed by atoms with van der Waals surface area (Å²) >= 11 is 0. The second kappa shape index (κ2) is 4.28. The number of carbonyl (C=O) groups is 1. The molecule has 1 aromatic rings. The number of esters is 1. The molecule has 2 rings (SSSR count). The third kappa shape index (κ3) is 2.07. The van der Waals surface area contributed by atoms with Crippen LogP contribution in [0.25, 0.3) is 6.08 Å². The van der Waals surface area contributed by atoms with Crippen LogP contribution < -0.4 is 0 Å². The van der Waals surface area contributed by atoms with Gasteiger partial charge in [0.2, 0.25) is 0 Å². The second-order valence-corrected chi connectivity index (χ2v) is 3.41. The van der Waals surface area contributed by atoms with Gasteiger partial charge < -0.3 is 9.84 Å². The van der Waals surface area contributed by atoms with Crippen LogP contribution in [0.5, 0.6) is 0 Å². The van der Waals surface area contributed by atoms with Crippen molar-refractivity contribution in [3.63, 3.8) is 0 Å². The number of ether oxygens (including phenoxy) is 1. The van der Waals surface area contributed by atoms with Gasteiger partial charge in [0.15, 0.2) is 0 Å². The largest absolute Gasteiger partial charge is 0.457 e. The van der Waals surface area contributed by atoms with Gasteiger partial charge in [0.1, 0.15) is 6.61 Å². The molecule has 0 atom stereocenters. The maximum Gasteiger partial charge on any atom is 0.338 e. The molecule has 0 amide bonds. The lowest BCUT2D eigenvalue weighted by Crippen LogP contribution is -1.93. The molecule has 0 bridgehead atoms. The molecule has 0 fully saturated rings. The Hall–Kier alpha value is -1.61. The van der Waals surface area contributed by atoms with Crippen molar-refractivity contribution in [3.8, 4) is 0 Å². The Kier molecular flexibility index (Phi) is 2.83. The summed E-state index contributed by atoms with van der Waals surface area (Å²) in [5.74, 6) is -0.248. The van der Waals surface area contributed by atoms with Crippen LogP contribution in [0.2, 0.25) is 0 Å². The third-order valence-electron chi connectivity index (χ3n) is 2.32. The van der Waals surface area contributed by atoms with Crippen molar-refractivity contribution in [3.05, 3.63) is 41.0 Å². The fourth-order valence-corrected chi connectivity index (χ4v) is 1.53. The Bertz CT molecular complexity index is 407. The van der Waals surface area contributed by atoms with Gasteiger partial charge in [0, 0.05) is 12.2 Å². The lowest BCUT2D eigenvalue weighted by molar-refractivity contribution is 0.0535. The fourth-order valence-electron chi connectivity index (χ4n) is 1.53. The van der Waals surface area contributed by atoms with Crippen molar-refractivity contribution in [2.45, 2.75) is 13.0 Å². The molecular formula is C12H12O3. The molecule has 1 N–H and O–H groups in total. The van der Waals surface area contributed by atoms with Crippen molar-refractivity contribution in [2.24, 2.45) is 0 Å². The second-order valence-electron chi connectivity index (χ2n) is 3.41. The van der Waals surface area contributed by atoms with Gasteiger partial charge in [-0.2, -0.15) is 0 Å². The van der Waals surface area contributed by atoms with Crippen molar-refractivity contribution in [1.82, 2.24) is 0 Å². The summed E-state index contributed by atoms with van der Waals surface area (Å²) in [4.78, 5) is 11.3. The molecule has 1 aliphatic heterocycles. The van der Waals surface area contributed by atoms with Crippen LogP contribution in [0.3, 0.4) is 0 Å². The lowest BCUT2D eigenvalue weighted by atomic mass is 10.1. The van der Waals surface area contributed by atoms with Crippen LogP contribution in [0.1, 0.15) is 27.9 Å². The topological polar surface area (TPSA) is 46.5 Å². The van der Waals surface area contributed by atoms with E-state index in [1.807, 2.05) is 30.4 Å². The molecule has 0 saturated heterocycles. The van der Waals surface area contributed by atoms with Gasteiger partial charge in [-0.25, -0.2) is 4.79 Å². The van der Waals surface area contributed by atoms with Crippen LogP contribution in [0.4, 0.5) is 0 Å². The van der Waals surface area contributed by atoms with Crippen LogP contribution in [-0.4, -0.2) is 17.7 Å². The maximum atomic E-state index is 11.3. The van der Waals surface area contributed by atoms with Crippen LogP contribution in [0, 0.1) is 0 Å². The van der Waals surface area contributed by atoms with Crippen molar-refractivity contribution < 1.29 is 14.6 Å². The van der Waals surface area contributed by atoms with Gasteiger partial charge in [0.05, 0.1) is 5.56 Å². The van der Waals surface area contributed by atoms with Crippen LogP contribution >= 0.6 is 0 Å². The standard InChI is InChI=1S/C12H12O3/c13-6-2-1-3-9-4-5-10-8-15-12(14)11(10)7-9/h1,3-5,7,13H,2,6,8H2. The Balaban J connectivity index is 2.22. The van der Waals surface area contributed by atoms with E-state index in [2.05, 4.69) is 0 Å². The van der Waals surface area contributed by atoms with E-state index in [4.69, 9.17) is 9.84 Å². The first-order chi connectivity index (χ1) is 7.31. The van der Waals surface area contributed by atoms with Gasteiger partial charge in [-0.15, -0.1) is 0 Å². The number of aliphatic hydroxyl groups is 1. The third-order valence-corrected chi connectivity index (χ3v) is 2.32. The highest BCUT2D eigenvalue weighted by Crippen LogP contribution is 2.21. The highest BCUT2D eigenvalue weighted by atomic mass is 16.5. The summed E-state index contributed by atoms with van der Waals surface area (Å²) in [6.07, 6.45) is 4.39. The number of cyclic esters (lactones) is 1. The molecule has 0 radical (unpaired) electrons. The first-order valence-corrected chi connectivity index (χ1v) is 4.88. The summed E-state index contributed by atoms with van der Waals surface area (Å²) in [6, 6.07) is 5.66. The van der Waals surface area contributed by atoms with Crippen molar-refractivity contribution >= 4 is 12.0 Å². The monoisotopic (exact) mass is 204 g/mol. The van der Waals surface area contributed by atoms with Gasteiger partial charge >= 0.3 is 5.97 Å². The van der Waals surface area contributed by atoms with E-state index in [0.717, 1.165) is 11.1 Å². The Labute approximate surface area is 88.0 Å². The smallest absolute Gasteiger partial charge is 0.338 e. The zero-order chi connectivity index (χ0) is 10.7. The van der Waals surface area contributed by atoms with E-state index in [1.165, 1.54) is 0 Å². The molecule has 0 spiro atoms. The lowest BCUT2D eigenvalue weighted by Gasteiger charge is -1.96. The van der Waals surface area contributed by atoms with E-state index in [9.17, 15) is 4.79 Å². The van der Waals surface area contributed by atoms with Crippen LogP contribution in [0.15, 0.2) is 24.3 Å². The zero-order valence-corrected chi connectivity index (χ0v) is 8.27. The highest BCUT2D eigenvalue weighted by Gasteiger charge is 2.20. The minimum atomic E-state index is -0.248. The average Bonchev–Trinajstić information content (AvgIpc) is 2.61. The summed E-state index contributed by atoms with van der Waals surface area (Å²) in [5.41, 5.74) is 2.56. The van der Waals surface area contributed by atoms with Crippen molar-refractivity contribution in [2.75, 3.05) is 6.61 Å². The summed E-state index contributed by atoms with van der Waals surface area (Å²) in [7, 11) is 0. The number of fused-ring (bicyclic) bond motifs is 1. The summed E-state index contributed by atoms with van der Waals surface area (Å²) < 4.78 is 4.90. The number of aliphatic hydroxyl groups excluding tert-OH is 1. The van der Waals surface area contributed by atoms with E-state index >= 15 is 0 Å². The molecule has 3 nitrogen and oxygen atoms in total. The SMILES string of the molecule is O=C1OCc2ccc(C=CCCO)cc21. The Morgan fingerprint density at radius 2 is 2.33 bits per heavy atom. The Morgan fingerprint density at radius 3 is 3.13 bits per heavy atom. The van der Waals surface area contributed by atoms with E-state index in [-0.39, 0.29) is 12.6 Å². The minimum absolute atomic E-state index is 0.142. The fraction of sp³-hybridized carbons (Fsp3) is 0.250. The molecule has 0 unspecified atom stereocenters. The van der Waals surface area contributed by atoms with E-state index < -0.39 is 0 Å². The predicted molar refractivity (Wildman–Crippen MR) is 56.3 cm³/mol. The van der Waals surface area contributed by atoms with Gasteiger partial charge in [-0.1, -0.05) is 24.3 Å². The number of hydrogen-bond acceptors (Lipinski definition) is 3. The number of hydrogen-bond donors (Lipinski definition) is 1. The first kappa shape index (κ1) is 9.93. The molecule has 15 heavy (non-hydrogen) atoms. The number of carbonyl (C=O) groups excluding carboxylic acids is 1. The zero-order valence-electron chi connectivity index (χ0n) is 8.27. The van der Waals surface area contributed by atoms with E-state index in [0.29, 0.717) is 18.6 Å². The van der Waals surface area contributed by atoms with Gasteiger partial charge in [0.25, 0.3) is 0 Å². The minimum Gasteiger partial charge on any atom is -0.457 e. The van der Waals surface area contributed by atoms with E-state index in [1.54, 1.807) is 0 Å². The van der Waals surface area contributed by atoms with Crippen molar-refractivity contribution in [1.29, 1.82) is 0 Å². The molecule has 1 aliphatic rings. The molecule has 0 saturated carbocycles. The molecule has 0 aliphatic carbocycles. The average molecular weight is 204 g/mol. The maximum absolute atomic E-state index is 11.3. The molecule has 0 aromatic heterocycles. The molecule has 1 aromatic carbocycles. The summed E-state index contributed by atoms with van der Waals surface area (Å²) in [5, 5.41) is 8.62. The molecule has 1 heterocycles. The van der Waals surface area contributed by atoms with Gasteiger partial charge in [-0.3, -0.25) is 0 Å².